The van der Waals surface area contributed by atoms with Crippen LogP contribution in [0.15, 0.2) is 60.7 Å². The Balaban J connectivity index is 1.36. The highest BCUT2D eigenvalue weighted by Gasteiger charge is 2.09. The summed E-state index contributed by atoms with van der Waals surface area (Å²) in [6.45, 7) is 4.90. The highest BCUT2D eigenvalue weighted by Crippen LogP contribution is 2.16. The van der Waals surface area contributed by atoms with Crippen LogP contribution in [0.4, 0.5) is 0 Å². The highest BCUT2D eigenvalue weighted by atomic mass is 16.5. The van der Waals surface area contributed by atoms with Crippen molar-refractivity contribution in [3.8, 4) is 5.75 Å². The molecule has 0 bridgehead atoms. The quantitative estimate of drug-likeness (QED) is 0.496. The first-order valence-corrected chi connectivity index (χ1v) is 10.2. The molecule has 148 valence electrons. The Morgan fingerprint density at radius 2 is 1.86 bits per heavy atom. The molecule has 2 aromatic rings. The second kappa shape index (κ2) is 11.3. The van der Waals surface area contributed by atoms with Crippen molar-refractivity contribution in [2.75, 3.05) is 26.2 Å². The van der Waals surface area contributed by atoms with Gasteiger partial charge in [-0.1, -0.05) is 42.5 Å². The Morgan fingerprint density at radius 1 is 1.04 bits per heavy atom. The molecule has 1 N–H and O–H groups in total. The van der Waals surface area contributed by atoms with Crippen LogP contribution in [0.1, 0.15) is 36.8 Å². The molecule has 1 aliphatic heterocycles. The fourth-order valence-electron chi connectivity index (χ4n) is 3.36. The van der Waals surface area contributed by atoms with Crippen LogP contribution < -0.4 is 10.1 Å². The maximum Gasteiger partial charge on any atom is 0.243 e. The lowest BCUT2D eigenvalue weighted by Crippen LogP contribution is -2.24. The fraction of sp³-hybridized carbons (Fsp3) is 0.375. The van der Waals surface area contributed by atoms with Gasteiger partial charge in [-0.05, 0) is 74.7 Å². The number of nitrogens with one attached hydrogen (secondary N) is 1. The van der Waals surface area contributed by atoms with Crippen molar-refractivity contribution in [3.63, 3.8) is 0 Å². The zero-order valence-electron chi connectivity index (χ0n) is 16.5. The summed E-state index contributed by atoms with van der Waals surface area (Å²) >= 11 is 0. The second-order valence-electron chi connectivity index (χ2n) is 7.23. The summed E-state index contributed by atoms with van der Waals surface area (Å²) in [6.07, 6.45) is 8.26. The van der Waals surface area contributed by atoms with E-state index in [0.29, 0.717) is 6.61 Å². The normalized spacial score (nSPS) is 14.4. The standard InChI is InChI=1S/C24H30N2O2/c27-24(25-15-4-5-16-26-17-6-7-18-26)14-13-21-11-8-12-23(19-21)28-20-22-9-2-1-3-10-22/h1-3,8-14,19H,4-7,15-18,20H2,(H,25,27)/b14-13+. The number of carbonyl (C=O) groups excluding carboxylic acids is 1. The van der Waals surface area contributed by atoms with Gasteiger partial charge in [0.2, 0.25) is 5.91 Å². The summed E-state index contributed by atoms with van der Waals surface area (Å²) in [5.74, 6) is 0.755. The summed E-state index contributed by atoms with van der Waals surface area (Å²) in [6, 6.07) is 17.9. The molecule has 4 nitrogen and oxygen atoms in total. The molecule has 3 rings (SSSR count). The van der Waals surface area contributed by atoms with Crippen LogP contribution in [-0.4, -0.2) is 37.0 Å². The molecule has 1 fully saturated rings. The average molecular weight is 379 g/mol. The van der Waals surface area contributed by atoms with Gasteiger partial charge < -0.3 is 15.0 Å². The predicted molar refractivity (Wildman–Crippen MR) is 114 cm³/mol. The molecule has 4 heteroatoms. The van der Waals surface area contributed by atoms with Crippen LogP contribution in [0.2, 0.25) is 0 Å². The van der Waals surface area contributed by atoms with E-state index in [2.05, 4.69) is 10.2 Å². The molecule has 0 aliphatic carbocycles. The van der Waals surface area contributed by atoms with Crippen molar-refractivity contribution in [2.24, 2.45) is 0 Å². The van der Waals surface area contributed by atoms with Crippen molar-refractivity contribution >= 4 is 12.0 Å². The Bertz CT molecular complexity index is 752. The number of ether oxygens (including phenoxy) is 1. The molecular weight excluding hydrogens is 348 g/mol. The predicted octanol–water partition coefficient (Wildman–Crippen LogP) is 4.27. The van der Waals surface area contributed by atoms with Crippen LogP contribution in [0.3, 0.4) is 0 Å². The number of nitrogens with zero attached hydrogens (tertiary/aromatic N) is 1. The number of hydrogen-bond acceptors (Lipinski definition) is 3. The van der Waals surface area contributed by atoms with Gasteiger partial charge in [0.15, 0.2) is 0 Å². The van der Waals surface area contributed by atoms with Gasteiger partial charge in [0.05, 0.1) is 0 Å². The Kier molecular flexibility index (Phi) is 8.13. The van der Waals surface area contributed by atoms with Gasteiger partial charge >= 0.3 is 0 Å². The molecule has 0 saturated carbocycles. The maximum atomic E-state index is 12.0. The minimum absolute atomic E-state index is 0.0446. The van der Waals surface area contributed by atoms with Crippen molar-refractivity contribution in [3.05, 3.63) is 71.8 Å². The van der Waals surface area contributed by atoms with E-state index in [-0.39, 0.29) is 5.91 Å². The van der Waals surface area contributed by atoms with Crippen LogP contribution >= 0.6 is 0 Å². The van der Waals surface area contributed by atoms with E-state index in [4.69, 9.17) is 4.74 Å². The van der Waals surface area contributed by atoms with Crippen molar-refractivity contribution in [2.45, 2.75) is 32.3 Å². The van der Waals surface area contributed by atoms with Crippen LogP contribution in [0.25, 0.3) is 6.08 Å². The number of likely N-dealkylation sites (tertiary alicyclic amines) is 1. The number of hydrogen-bond donors (Lipinski definition) is 1. The zero-order chi connectivity index (χ0) is 19.4. The van der Waals surface area contributed by atoms with Gasteiger partial charge in [0, 0.05) is 12.6 Å². The van der Waals surface area contributed by atoms with E-state index in [9.17, 15) is 4.79 Å². The van der Waals surface area contributed by atoms with Gasteiger partial charge in [-0.3, -0.25) is 4.79 Å². The third kappa shape index (κ3) is 7.20. The van der Waals surface area contributed by atoms with Crippen molar-refractivity contribution in [1.29, 1.82) is 0 Å². The van der Waals surface area contributed by atoms with Gasteiger partial charge in [-0.25, -0.2) is 0 Å². The molecule has 1 amide bonds. The first kappa shape index (κ1) is 20.2. The summed E-state index contributed by atoms with van der Waals surface area (Å²) in [4.78, 5) is 14.5. The Labute approximate surface area is 168 Å². The second-order valence-corrected chi connectivity index (χ2v) is 7.23. The smallest absolute Gasteiger partial charge is 0.243 e. The van der Waals surface area contributed by atoms with Gasteiger partial charge in [0.25, 0.3) is 0 Å². The zero-order valence-corrected chi connectivity index (χ0v) is 16.5. The lowest BCUT2D eigenvalue weighted by atomic mass is 10.2. The van der Waals surface area contributed by atoms with E-state index in [1.54, 1.807) is 6.08 Å². The Hall–Kier alpha value is -2.59. The SMILES string of the molecule is O=C(/C=C/c1cccc(OCc2ccccc2)c1)NCCCCN1CCCC1. The molecule has 1 saturated heterocycles. The van der Waals surface area contributed by atoms with Gasteiger partial charge in [-0.15, -0.1) is 0 Å². The molecule has 2 aromatic carbocycles. The first-order valence-electron chi connectivity index (χ1n) is 10.2. The van der Waals surface area contributed by atoms with Crippen molar-refractivity contribution < 1.29 is 9.53 Å². The molecule has 0 spiro atoms. The van der Waals surface area contributed by atoms with E-state index in [1.165, 1.54) is 25.9 Å². The molecule has 28 heavy (non-hydrogen) atoms. The topological polar surface area (TPSA) is 41.6 Å². The third-order valence-corrected chi connectivity index (χ3v) is 4.93. The minimum atomic E-state index is -0.0446. The number of benzene rings is 2. The van der Waals surface area contributed by atoms with Gasteiger partial charge in [0.1, 0.15) is 12.4 Å². The molecule has 0 atom stereocenters. The monoisotopic (exact) mass is 378 g/mol. The Morgan fingerprint density at radius 3 is 2.68 bits per heavy atom. The first-order chi connectivity index (χ1) is 13.8. The number of amides is 1. The van der Waals surface area contributed by atoms with Crippen LogP contribution in [0, 0.1) is 0 Å². The minimum Gasteiger partial charge on any atom is -0.489 e. The van der Waals surface area contributed by atoms with E-state index in [1.807, 2.05) is 60.7 Å². The van der Waals surface area contributed by atoms with E-state index >= 15 is 0 Å². The molecule has 0 unspecified atom stereocenters. The summed E-state index contributed by atoms with van der Waals surface area (Å²) < 4.78 is 5.84. The molecule has 0 aromatic heterocycles. The third-order valence-electron chi connectivity index (χ3n) is 4.93. The van der Waals surface area contributed by atoms with E-state index in [0.717, 1.165) is 42.8 Å². The number of carbonyl (C=O) groups is 1. The molecule has 0 radical (unpaired) electrons. The lowest BCUT2D eigenvalue weighted by Gasteiger charge is -2.13. The molecule has 1 heterocycles. The van der Waals surface area contributed by atoms with Crippen molar-refractivity contribution in [1.82, 2.24) is 10.2 Å². The summed E-state index contributed by atoms with van der Waals surface area (Å²) in [7, 11) is 0. The molecule has 1 aliphatic rings. The lowest BCUT2D eigenvalue weighted by molar-refractivity contribution is -0.116. The van der Waals surface area contributed by atoms with Crippen LogP contribution in [0.5, 0.6) is 5.75 Å². The van der Waals surface area contributed by atoms with Crippen LogP contribution in [-0.2, 0) is 11.4 Å². The number of rotatable bonds is 10. The summed E-state index contributed by atoms with van der Waals surface area (Å²) in [5.41, 5.74) is 2.09. The average Bonchev–Trinajstić information content (AvgIpc) is 3.25. The fourth-order valence-corrected chi connectivity index (χ4v) is 3.36. The highest BCUT2D eigenvalue weighted by molar-refractivity contribution is 5.91. The largest absolute Gasteiger partial charge is 0.489 e. The summed E-state index contributed by atoms with van der Waals surface area (Å²) in [5, 5.41) is 2.96. The van der Waals surface area contributed by atoms with Gasteiger partial charge in [-0.2, -0.15) is 0 Å². The molecular formula is C24H30N2O2. The number of unbranched alkanes of at least 4 members (excludes halogenated alkanes) is 1. The maximum absolute atomic E-state index is 12.0. The van der Waals surface area contributed by atoms with E-state index < -0.39 is 0 Å².